The molecule has 0 radical (unpaired) electrons. The number of aromatic nitrogens is 1. The maximum atomic E-state index is 11.8. The third kappa shape index (κ3) is 4.61. The van der Waals surface area contributed by atoms with Crippen molar-refractivity contribution in [3.8, 4) is 22.8 Å². The van der Waals surface area contributed by atoms with E-state index in [0.717, 1.165) is 29.7 Å². The summed E-state index contributed by atoms with van der Waals surface area (Å²) in [6.07, 6.45) is 3.27. The summed E-state index contributed by atoms with van der Waals surface area (Å²) in [5.41, 5.74) is 3.19. The van der Waals surface area contributed by atoms with Gasteiger partial charge in [-0.1, -0.05) is 20.8 Å². The zero-order valence-electron chi connectivity index (χ0n) is 19.2. The molecule has 1 N–H and O–H groups in total. The molecule has 7 nitrogen and oxygen atoms in total. The summed E-state index contributed by atoms with van der Waals surface area (Å²) in [4.78, 5) is 16.1. The van der Waals surface area contributed by atoms with E-state index < -0.39 is 5.97 Å². The summed E-state index contributed by atoms with van der Waals surface area (Å²) in [6, 6.07) is 5.97. The number of nitrogens with zero attached hydrogens (tertiary/aromatic N) is 2. The second-order valence-corrected chi connectivity index (χ2v) is 8.83. The summed E-state index contributed by atoms with van der Waals surface area (Å²) < 4.78 is 18.8. The molecule has 1 atom stereocenters. The number of hydrogen-bond acceptors (Lipinski definition) is 5. The maximum absolute atomic E-state index is 11.8. The number of methoxy groups -OCH3 is 2. The lowest BCUT2D eigenvalue weighted by Crippen LogP contribution is -2.33. The predicted molar refractivity (Wildman–Crippen MR) is 119 cm³/mol. The van der Waals surface area contributed by atoms with Gasteiger partial charge in [0.05, 0.1) is 24.8 Å². The van der Waals surface area contributed by atoms with Crippen LogP contribution in [0.3, 0.4) is 0 Å². The van der Waals surface area contributed by atoms with Crippen LogP contribution in [-0.2, 0) is 11.2 Å². The minimum atomic E-state index is -0.980. The van der Waals surface area contributed by atoms with E-state index in [1.165, 1.54) is 0 Å². The molecule has 0 saturated heterocycles. The number of pyridine rings is 1. The number of aromatic carboxylic acids is 1. The van der Waals surface area contributed by atoms with Crippen LogP contribution >= 0.6 is 0 Å². The fraction of sp³-hybridized carbons (Fsp3) is 0.500. The molecule has 168 valence electrons. The monoisotopic (exact) mass is 428 g/mol. The van der Waals surface area contributed by atoms with Gasteiger partial charge in [-0.15, -0.1) is 0 Å². The Bertz CT molecular complexity index is 1030. The number of carboxylic acids is 1. The minimum absolute atomic E-state index is 0.0775. The number of carbonyl (C=O) groups is 1. The fourth-order valence-corrected chi connectivity index (χ4v) is 4.08. The molecule has 1 aromatic carbocycles. The number of carboxylic acid groups (broad SMARTS) is 1. The summed E-state index contributed by atoms with van der Waals surface area (Å²) in [7, 11) is 4.91. The van der Waals surface area contributed by atoms with E-state index in [2.05, 4.69) is 36.4 Å². The Morgan fingerprint density at radius 3 is 2.52 bits per heavy atom. The standard InChI is InChI=1S/C24H32N2O5/c1-24(2,3)22-11-15-10-21(31-9-7-8-29-5)20(30-6)12-16(15)19-13-18(25-4)17(23(27)28)14-26(19)22/h10,12-14,22H,7-9,11H2,1-6H3,(H,27,28)/b25-18-. The van der Waals surface area contributed by atoms with Gasteiger partial charge in [0.1, 0.15) is 5.56 Å². The Labute approximate surface area is 183 Å². The van der Waals surface area contributed by atoms with Crippen LogP contribution in [0.5, 0.6) is 11.5 Å². The molecule has 2 aromatic rings. The van der Waals surface area contributed by atoms with Crippen molar-refractivity contribution in [1.82, 2.24) is 4.57 Å². The van der Waals surface area contributed by atoms with E-state index in [4.69, 9.17) is 14.2 Å². The van der Waals surface area contributed by atoms with Crippen molar-refractivity contribution in [1.29, 1.82) is 0 Å². The maximum Gasteiger partial charge on any atom is 0.339 e. The molecular weight excluding hydrogens is 396 g/mol. The first kappa shape index (κ1) is 22.9. The Hall–Kier alpha value is -2.80. The van der Waals surface area contributed by atoms with Gasteiger partial charge in [-0.25, -0.2) is 4.79 Å². The van der Waals surface area contributed by atoms with Gasteiger partial charge in [-0.2, -0.15) is 0 Å². The van der Waals surface area contributed by atoms with E-state index in [9.17, 15) is 9.90 Å². The molecule has 1 aromatic heterocycles. The van der Waals surface area contributed by atoms with Crippen LogP contribution < -0.4 is 14.8 Å². The van der Waals surface area contributed by atoms with Gasteiger partial charge >= 0.3 is 5.97 Å². The first-order valence-corrected chi connectivity index (χ1v) is 10.5. The van der Waals surface area contributed by atoms with Crippen LogP contribution in [0.1, 0.15) is 49.2 Å². The first-order chi connectivity index (χ1) is 14.7. The number of ether oxygens (including phenoxy) is 3. The van der Waals surface area contributed by atoms with Crippen LogP contribution in [-0.4, -0.2) is 50.1 Å². The Balaban J connectivity index is 2.18. The fourth-order valence-electron chi connectivity index (χ4n) is 4.08. The van der Waals surface area contributed by atoms with Crippen molar-refractivity contribution >= 4 is 5.97 Å². The zero-order valence-corrected chi connectivity index (χ0v) is 19.2. The number of benzene rings is 1. The average Bonchev–Trinajstić information content (AvgIpc) is 2.73. The number of rotatable bonds is 7. The lowest BCUT2D eigenvalue weighted by Gasteiger charge is -2.39. The zero-order chi connectivity index (χ0) is 22.8. The van der Waals surface area contributed by atoms with E-state index in [1.807, 2.05) is 12.1 Å². The molecule has 1 aliphatic heterocycles. The molecule has 0 aliphatic carbocycles. The van der Waals surface area contributed by atoms with Crippen molar-refractivity contribution in [3.63, 3.8) is 0 Å². The van der Waals surface area contributed by atoms with E-state index >= 15 is 0 Å². The molecule has 0 fully saturated rings. The molecule has 1 aliphatic rings. The molecular formula is C24H32N2O5. The largest absolute Gasteiger partial charge is 0.493 e. The predicted octanol–water partition coefficient (Wildman–Crippen LogP) is 3.95. The Morgan fingerprint density at radius 1 is 1.19 bits per heavy atom. The molecule has 1 unspecified atom stereocenters. The summed E-state index contributed by atoms with van der Waals surface area (Å²) >= 11 is 0. The highest BCUT2D eigenvalue weighted by atomic mass is 16.5. The van der Waals surface area contributed by atoms with Gasteiger partial charge in [-0.3, -0.25) is 4.99 Å². The summed E-state index contributed by atoms with van der Waals surface area (Å²) in [5, 5.41) is 10.2. The normalized spacial score (nSPS) is 15.9. The topological polar surface area (TPSA) is 82.3 Å². The average molecular weight is 429 g/mol. The molecule has 2 heterocycles. The third-order valence-corrected chi connectivity index (χ3v) is 5.73. The molecule has 0 saturated carbocycles. The smallest absolute Gasteiger partial charge is 0.339 e. The van der Waals surface area contributed by atoms with Crippen molar-refractivity contribution in [2.24, 2.45) is 10.4 Å². The van der Waals surface area contributed by atoms with Crippen molar-refractivity contribution in [2.45, 2.75) is 39.7 Å². The van der Waals surface area contributed by atoms with Crippen molar-refractivity contribution in [3.05, 3.63) is 40.9 Å². The highest BCUT2D eigenvalue weighted by Crippen LogP contribution is 2.45. The van der Waals surface area contributed by atoms with Gasteiger partial charge < -0.3 is 23.9 Å². The lowest BCUT2D eigenvalue weighted by atomic mass is 9.78. The molecule has 7 heteroatoms. The third-order valence-electron chi connectivity index (χ3n) is 5.73. The van der Waals surface area contributed by atoms with Gasteiger partial charge in [0, 0.05) is 45.0 Å². The molecule has 31 heavy (non-hydrogen) atoms. The second-order valence-electron chi connectivity index (χ2n) is 8.83. The van der Waals surface area contributed by atoms with Gasteiger partial charge in [-0.05, 0) is 35.6 Å². The van der Waals surface area contributed by atoms with Crippen LogP contribution in [0.4, 0.5) is 0 Å². The number of hydrogen-bond donors (Lipinski definition) is 1. The van der Waals surface area contributed by atoms with Crippen LogP contribution in [0.2, 0.25) is 0 Å². The summed E-state index contributed by atoms with van der Waals surface area (Å²) in [5.74, 6) is 0.377. The van der Waals surface area contributed by atoms with Gasteiger partial charge in [0.15, 0.2) is 11.5 Å². The molecule has 0 amide bonds. The van der Waals surface area contributed by atoms with Crippen molar-refractivity contribution in [2.75, 3.05) is 34.5 Å². The van der Waals surface area contributed by atoms with Crippen LogP contribution in [0.25, 0.3) is 11.3 Å². The van der Waals surface area contributed by atoms with E-state index in [1.54, 1.807) is 27.5 Å². The molecule has 0 spiro atoms. The Kier molecular flexibility index (Phi) is 6.74. The highest BCUT2D eigenvalue weighted by molar-refractivity contribution is 5.87. The van der Waals surface area contributed by atoms with E-state index in [-0.39, 0.29) is 17.0 Å². The van der Waals surface area contributed by atoms with Gasteiger partial charge in [0.2, 0.25) is 0 Å². The van der Waals surface area contributed by atoms with Crippen LogP contribution in [0.15, 0.2) is 29.4 Å². The minimum Gasteiger partial charge on any atom is -0.493 e. The lowest BCUT2D eigenvalue weighted by molar-refractivity contribution is 0.0693. The highest BCUT2D eigenvalue weighted by Gasteiger charge is 2.34. The Morgan fingerprint density at radius 2 is 1.94 bits per heavy atom. The number of fused-ring (bicyclic) bond motifs is 3. The summed E-state index contributed by atoms with van der Waals surface area (Å²) in [6.45, 7) is 7.69. The molecule has 0 bridgehead atoms. The molecule has 3 rings (SSSR count). The first-order valence-electron chi connectivity index (χ1n) is 10.5. The quantitative estimate of drug-likeness (QED) is 0.675. The van der Waals surface area contributed by atoms with Crippen LogP contribution in [0, 0.1) is 5.41 Å². The van der Waals surface area contributed by atoms with E-state index in [0.29, 0.717) is 30.1 Å². The SMILES string of the molecule is C/N=c1/cc2n(cc1C(=O)O)C(C(C)(C)C)Cc1cc(OCCCOC)c(OC)cc1-2. The van der Waals surface area contributed by atoms with Gasteiger partial charge in [0.25, 0.3) is 0 Å². The van der Waals surface area contributed by atoms with Crippen molar-refractivity contribution < 1.29 is 24.1 Å². The second kappa shape index (κ2) is 9.14.